The number of nitrogens with two attached hydrogens (primary N) is 1. The monoisotopic (exact) mass is 426 g/mol. The lowest BCUT2D eigenvalue weighted by Gasteiger charge is -2.11. The summed E-state index contributed by atoms with van der Waals surface area (Å²) in [7, 11) is 3.63. The molecule has 2 aromatic carbocycles. The first-order valence-electron chi connectivity index (χ1n) is 10.1. The van der Waals surface area contributed by atoms with Crippen molar-refractivity contribution in [1.29, 1.82) is 0 Å². The Balaban J connectivity index is 0.000000336. The van der Waals surface area contributed by atoms with Crippen LogP contribution in [0.15, 0.2) is 85.0 Å². The first-order chi connectivity index (χ1) is 15.5. The molecule has 6 nitrogen and oxygen atoms in total. The van der Waals surface area contributed by atoms with Gasteiger partial charge in [-0.05, 0) is 54.4 Å². The zero-order valence-corrected chi connectivity index (χ0v) is 18.8. The number of hydrogen-bond donors (Lipinski definition) is 3. The highest BCUT2D eigenvalue weighted by molar-refractivity contribution is 6.09. The van der Waals surface area contributed by atoms with Gasteiger partial charge in [-0.2, -0.15) is 0 Å². The lowest BCUT2D eigenvalue weighted by Crippen LogP contribution is -2.01. The topological polar surface area (TPSA) is 88.2 Å². The van der Waals surface area contributed by atoms with Gasteiger partial charge in [-0.1, -0.05) is 43.5 Å². The van der Waals surface area contributed by atoms with Crippen molar-refractivity contribution in [2.24, 2.45) is 4.99 Å². The molecule has 0 aliphatic rings. The second kappa shape index (κ2) is 12.5. The minimum absolute atomic E-state index is 0.544. The fourth-order valence-corrected chi connectivity index (χ4v) is 2.81. The highest BCUT2D eigenvalue weighted by Gasteiger charge is 2.05. The Morgan fingerprint density at radius 2 is 1.94 bits per heavy atom. The van der Waals surface area contributed by atoms with E-state index in [1.54, 1.807) is 31.6 Å². The van der Waals surface area contributed by atoms with E-state index in [2.05, 4.69) is 44.8 Å². The van der Waals surface area contributed by atoms with Gasteiger partial charge in [0.25, 0.3) is 0 Å². The normalized spacial score (nSPS) is 10.8. The van der Waals surface area contributed by atoms with E-state index in [-0.39, 0.29) is 0 Å². The molecule has 0 saturated carbocycles. The Morgan fingerprint density at radius 3 is 2.53 bits per heavy atom. The van der Waals surface area contributed by atoms with Crippen LogP contribution in [0.25, 0.3) is 11.6 Å². The Hall–Kier alpha value is -4.19. The third kappa shape index (κ3) is 7.25. The van der Waals surface area contributed by atoms with Crippen molar-refractivity contribution in [3.8, 4) is 0 Å². The Labute approximate surface area is 190 Å². The summed E-state index contributed by atoms with van der Waals surface area (Å²) in [6.45, 7) is 9.38. The number of rotatable bonds is 7. The molecule has 0 amide bonds. The van der Waals surface area contributed by atoms with Gasteiger partial charge in [0, 0.05) is 49.1 Å². The fraction of sp³-hybridized carbons (Fsp3) is 0.115. The van der Waals surface area contributed by atoms with E-state index in [1.807, 2.05) is 62.5 Å². The summed E-state index contributed by atoms with van der Waals surface area (Å²) < 4.78 is 0. The molecule has 0 radical (unpaired) electrons. The minimum Gasteiger partial charge on any atom is -0.399 e. The Kier molecular flexibility index (Phi) is 9.40. The minimum atomic E-state index is 0.544. The number of benzene rings is 2. The molecule has 0 fully saturated rings. The van der Waals surface area contributed by atoms with Gasteiger partial charge in [-0.25, -0.2) is 9.97 Å². The van der Waals surface area contributed by atoms with E-state index in [4.69, 9.17) is 5.73 Å². The Morgan fingerprint density at radius 1 is 1.12 bits per heavy atom. The van der Waals surface area contributed by atoms with Crippen LogP contribution in [-0.4, -0.2) is 30.3 Å². The summed E-state index contributed by atoms with van der Waals surface area (Å²) in [4.78, 5) is 12.9. The molecule has 0 bridgehead atoms. The van der Waals surface area contributed by atoms with Crippen LogP contribution in [0.2, 0.25) is 0 Å². The average Bonchev–Trinajstić information content (AvgIpc) is 2.81. The van der Waals surface area contributed by atoms with Crippen molar-refractivity contribution in [2.75, 3.05) is 30.5 Å². The van der Waals surface area contributed by atoms with Crippen molar-refractivity contribution < 1.29 is 0 Å². The molecule has 0 aliphatic carbocycles. The molecule has 3 aromatic rings. The number of hydrogen-bond acceptors (Lipinski definition) is 6. The third-order valence-electron chi connectivity index (χ3n) is 4.42. The molecular weight excluding hydrogens is 396 g/mol. The van der Waals surface area contributed by atoms with Gasteiger partial charge in [0.2, 0.25) is 5.95 Å². The van der Waals surface area contributed by atoms with Crippen LogP contribution in [0.3, 0.4) is 0 Å². The number of nitrogen functional groups attached to an aromatic ring is 1. The van der Waals surface area contributed by atoms with E-state index in [1.165, 1.54) is 0 Å². The molecule has 0 atom stereocenters. The van der Waals surface area contributed by atoms with Crippen LogP contribution >= 0.6 is 0 Å². The quantitative estimate of drug-likeness (QED) is 0.254. The van der Waals surface area contributed by atoms with Crippen molar-refractivity contribution in [2.45, 2.75) is 6.92 Å². The summed E-state index contributed by atoms with van der Waals surface area (Å²) in [5.74, 6) is 0.544. The predicted octanol–water partition coefficient (Wildman–Crippen LogP) is 5.75. The van der Waals surface area contributed by atoms with E-state index in [0.717, 1.165) is 39.5 Å². The van der Waals surface area contributed by atoms with Crippen LogP contribution in [0.5, 0.6) is 0 Å². The summed E-state index contributed by atoms with van der Waals surface area (Å²) in [6, 6.07) is 15.5. The average molecular weight is 427 g/mol. The molecule has 0 aliphatic heterocycles. The van der Waals surface area contributed by atoms with Crippen molar-refractivity contribution in [3.63, 3.8) is 0 Å². The van der Waals surface area contributed by atoms with Crippen LogP contribution in [0.4, 0.5) is 23.0 Å². The fourth-order valence-electron chi connectivity index (χ4n) is 2.81. The van der Waals surface area contributed by atoms with Crippen LogP contribution in [-0.2, 0) is 0 Å². The van der Waals surface area contributed by atoms with E-state index in [9.17, 15) is 0 Å². The second-order valence-corrected chi connectivity index (χ2v) is 6.79. The van der Waals surface area contributed by atoms with E-state index < -0.39 is 0 Å². The number of aromatic nitrogens is 2. The van der Waals surface area contributed by atoms with Gasteiger partial charge in [0.05, 0.1) is 5.69 Å². The Bertz CT molecular complexity index is 1110. The highest BCUT2D eigenvalue weighted by Crippen LogP contribution is 2.22. The van der Waals surface area contributed by atoms with E-state index >= 15 is 0 Å². The molecule has 0 unspecified atom stereocenters. The first kappa shape index (κ1) is 24.1. The number of nitrogens with zero attached hydrogens (tertiary/aromatic N) is 3. The summed E-state index contributed by atoms with van der Waals surface area (Å²) >= 11 is 0. The zero-order chi connectivity index (χ0) is 23.3. The molecule has 1 heterocycles. The molecule has 6 heteroatoms. The van der Waals surface area contributed by atoms with Gasteiger partial charge in [-0.3, -0.25) is 4.99 Å². The standard InChI is InChI=1S/C18H21N5.C8H9N/c1-5-6-14(12-19-3)17-9-10-21-18(23-17)22-16-8-7-15(20-4)11-13(16)2;1-2-7-4-3-5-8(9)6-7/h5-12,20H,1H2,2-4H3,(H,21,22,23);2-6H,1,9H2/b14-6+,19-12?;. The van der Waals surface area contributed by atoms with Crippen LogP contribution in [0.1, 0.15) is 16.8 Å². The SMILES string of the molecule is C=C/C=C(\C=NC)c1ccnc(Nc2ccc(NC)cc2C)n1.C=Cc1cccc(N)c1. The molecule has 164 valence electrons. The largest absolute Gasteiger partial charge is 0.399 e. The third-order valence-corrected chi connectivity index (χ3v) is 4.42. The lowest BCUT2D eigenvalue weighted by atomic mass is 10.1. The van der Waals surface area contributed by atoms with E-state index in [0.29, 0.717) is 5.95 Å². The molecule has 4 N–H and O–H groups in total. The van der Waals surface area contributed by atoms with Crippen molar-refractivity contribution >= 4 is 40.9 Å². The number of nitrogens with one attached hydrogen (secondary N) is 2. The van der Waals surface area contributed by atoms with Gasteiger partial charge >= 0.3 is 0 Å². The number of allylic oxidation sites excluding steroid dienone is 3. The van der Waals surface area contributed by atoms with Crippen molar-refractivity contribution in [1.82, 2.24) is 9.97 Å². The molecule has 0 saturated heterocycles. The predicted molar refractivity (Wildman–Crippen MR) is 140 cm³/mol. The smallest absolute Gasteiger partial charge is 0.227 e. The molecule has 32 heavy (non-hydrogen) atoms. The summed E-state index contributed by atoms with van der Waals surface area (Å²) in [5.41, 5.74) is 12.2. The van der Waals surface area contributed by atoms with Gasteiger partial charge in [0.15, 0.2) is 0 Å². The highest BCUT2D eigenvalue weighted by atomic mass is 15.1. The maximum atomic E-state index is 5.49. The maximum absolute atomic E-state index is 5.49. The number of aryl methyl sites for hydroxylation is 1. The lowest BCUT2D eigenvalue weighted by molar-refractivity contribution is 1.14. The second-order valence-electron chi connectivity index (χ2n) is 6.79. The summed E-state index contributed by atoms with van der Waals surface area (Å²) in [5, 5.41) is 6.38. The van der Waals surface area contributed by atoms with Crippen LogP contribution < -0.4 is 16.4 Å². The molecule has 1 aromatic heterocycles. The first-order valence-corrected chi connectivity index (χ1v) is 10.1. The molecular formula is C26H30N6. The maximum Gasteiger partial charge on any atom is 0.227 e. The van der Waals surface area contributed by atoms with Gasteiger partial charge in [-0.15, -0.1) is 0 Å². The van der Waals surface area contributed by atoms with Crippen molar-refractivity contribution in [3.05, 3.63) is 96.9 Å². The molecule has 3 rings (SSSR count). The van der Waals surface area contributed by atoms with Gasteiger partial charge < -0.3 is 16.4 Å². The molecule has 0 spiro atoms. The van der Waals surface area contributed by atoms with Crippen LogP contribution in [0, 0.1) is 6.92 Å². The number of anilines is 4. The summed E-state index contributed by atoms with van der Waals surface area (Å²) in [6.07, 6.45) is 8.83. The zero-order valence-electron chi connectivity index (χ0n) is 18.8. The number of aliphatic imine (C=N–C) groups is 1. The van der Waals surface area contributed by atoms with Gasteiger partial charge in [0.1, 0.15) is 0 Å².